The minimum atomic E-state index is -4.46. The molecule has 1 saturated heterocycles. The van der Waals surface area contributed by atoms with Gasteiger partial charge in [0.25, 0.3) is 0 Å². The standard InChI is InChI=1S/C21H20F3N3O5/c1-12(28)27-17(11-26(2)20(27)30)19(29)25-16-10-15(8-9-18(16)31-3)32-14-6-4-13(5-7-14)21(22,23)24/h4-10,17H,11H2,1-3H3,(H,25,29)/t17-/m0/s1. The molecule has 0 radical (unpaired) electrons. The Bertz CT molecular complexity index is 1040. The lowest BCUT2D eigenvalue weighted by molar-refractivity contribution is -0.137. The van der Waals surface area contributed by atoms with E-state index in [1.807, 2.05) is 0 Å². The fourth-order valence-electron chi connectivity index (χ4n) is 3.20. The molecular formula is C21H20F3N3O5. The number of carbonyl (C=O) groups excluding carboxylic acids is 3. The van der Waals surface area contributed by atoms with Crippen molar-refractivity contribution in [3.8, 4) is 17.2 Å². The third-order valence-electron chi connectivity index (χ3n) is 4.78. The third kappa shape index (κ3) is 4.76. The van der Waals surface area contributed by atoms with E-state index >= 15 is 0 Å². The van der Waals surface area contributed by atoms with Crippen LogP contribution in [0.3, 0.4) is 0 Å². The minimum absolute atomic E-state index is 0.0221. The van der Waals surface area contributed by atoms with Crippen LogP contribution in [0.4, 0.5) is 23.7 Å². The number of likely N-dealkylation sites (N-methyl/N-ethyl adjacent to an activating group) is 1. The molecule has 1 heterocycles. The molecule has 170 valence electrons. The van der Waals surface area contributed by atoms with Crippen LogP contribution in [0.15, 0.2) is 42.5 Å². The number of urea groups is 1. The second-order valence-electron chi connectivity index (χ2n) is 7.04. The SMILES string of the molecule is COc1ccc(Oc2ccc(C(F)(F)F)cc2)cc1NC(=O)[C@@H]1CN(C)C(=O)N1C(C)=O. The number of imide groups is 1. The van der Waals surface area contributed by atoms with Crippen molar-refractivity contribution >= 4 is 23.5 Å². The molecule has 1 N–H and O–H groups in total. The normalized spacial score (nSPS) is 16.2. The maximum absolute atomic E-state index is 12.8. The van der Waals surface area contributed by atoms with Gasteiger partial charge in [-0.2, -0.15) is 13.2 Å². The second kappa shape index (κ2) is 8.77. The number of carbonyl (C=O) groups is 3. The van der Waals surface area contributed by atoms with Crippen LogP contribution in [-0.4, -0.2) is 54.4 Å². The van der Waals surface area contributed by atoms with Gasteiger partial charge in [0.05, 0.1) is 24.9 Å². The van der Waals surface area contributed by atoms with Gasteiger partial charge in [0.1, 0.15) is 23.3 Å². The topological polar surface area (TPSA) is 88.2 Å². The lowest BCUT2D eigenvalue weighted by atomic mass is 10.2. The Morgan fingerprint density at radius 1 is 1.09 bits per heavy atom. The summed E-state index contributed by atoms with van der Waals surface area (Å²) in [5.41, 5.74) is -0.606. The first-order valence-electron chi connectivity index (χ1n) is 9.40. The van der Waals surface area contributed by atoms with E-state index in [9.17, 15) is 27.6 Å². The van der Waals surface area contributed by atoms with Crippen LogP contribution in [0.5, 0.6) is 17.2 Å². The van der Waals surface area contributed by atoms with Crippen LogP contribution < -0.4 is 14.8 Å². The summed E-state index contributed by atoms with van der Waals surface area (Å²) in [6, 6.07) is 6.97. The maximum Gasteiger partial charge on any atom is 0.416 e. The summed E-state index contributed by atoms with van der Waals surface area (Å²) in [5, 5.41) is 2.62. The molecule has 3 rings (SSSR count). The number of hydrogen-bond donors (Lipinski definition) is 1. The molecule has 1 fully saturated rings. The molecule has 0 saturated carbocycles. The van der Waals surface area contributed by atoms with Crippen LogP contribution in [0.2, 0.25) is 0 Å². The van der Waals surface area contributed by atoms with Crippen LogP contribution >= 0.6 is 0 Å². The summed E-state index contributed by atoms with van der Waals surface area (Å²) < 4.78 is 49.0. The Hall–Kier alpha value is -3.76. The van der Waals surface area contributed by atoms with E-state index in [1.165, 1.54) is 56.3 Å². The van der Waals surface area contributed by atoms with E-state index in [2.05, 4.69) is 5.32 Å². The average Bonchev–Trinajstić information content (AvgIpc) is 3.03. The van der Waals surface area contributed by atoms with Crippen molar-refractivity contribution in [2.24, 2.45) is 0 Å². The molecule has 8 nitrogen and oxygen atoms in total. The Morgan fingerprint density at radius 2 is 1.72 bits per heavy atom. The van der Waals surface area contributed by atoms with Crippen molar-refractivity contribution < 1.29 is 37.0 Å². The molecular weight excluding hydrogens is 431 g/mol. The predicted molar refractivity (Wildman–Crippen MR) is 107 cm³/mol. The van der Waals surface area contributed by atoms with Gasteiger partial charge >= 0.3 is 12.2 Å². The van der Waals surface area contributed by atoms with Crippen molar-refractivity contribution in [3.05, 3.63) is 48.0 Å². The number of ether oxygens (including phenoxy) is 2. The summed E-state index contributed by atoms with van der Waals surface area (Å²) in [4.78, 5) is 38.9. The van der Waals surface area contributed by atoms with Crippen LogP contribution in [0.1, 0.15) is 12.5 Å². The fourth-order valence-corrected chi connectivity index (χ4v) is 3.20. The number of hydrogen-bond acceptors (Lipinski definition) is 5. The number of nitrogens with one attached hydrogen (secondary N) is 1. The summed E-state index contributed by atoms with van der Waals surface area (Å²) in [7, 11) is 2.86. The zero-order valence-electron chi connectivity index (χ0n) is 17.4. The molecule has 2 aromatic rings. The Morgan fingerprint density at radius 3 is 2.28 bits per heavy atom. The third-order valence-corrected chi connectivity index (χ3v) is 4.78. The summed E-state index contributed by atoms with van der Waals surface area (Å²) in [6.07, 6.45) is -4.46. The first-order valence-corrected chi connectivity index (χ1v) is 9.40. The second-order valence-corrected chi connectivity index (χ2v) is 7.04. The highest BCUT2D eigenvalue weighted by atomic mass is 19.4. The van der Waals surface area contributed by atoms with E-state index < -0.39 is 35.6 Å². The summed E-state index contributed by atoms with van der Waals surface area (Å²) >= 11 is 0. The van der Waals surface area contributed by atoms with Gasteiger partial charge in [-0.15, -0.1) is 0 Å². The fraction of sp³-hybridized carbons (Fsp3) is 0.286. The van der Waals surface area contributed by atoms with Gasteiger partial charge in [0.2, 0.25) is 11.8 Å². The number of rotatable bonds is 5. The quantitative estimate of drug-likeness (QED) is 0.749. The van der Waals surface area contributed by atoms with Crippen molar-refractivity contribution in [1.82, 2.24) is 9.80 Å². The van der Waals surface area contributed by atoms with E-state index in [-0.39, 0.29) is 29.5 Å². The van der Waals surface area contributed by atoms with Gasteiger partial charge in [-0.1, -0.05) is 0 Å². The lowest BCUT2D eigenvalue weighted by Gasteiger charge is -2.20. The monoisotopic (exact) mass is 451 g/mol. The van der Waals surface area contributed by atoms with Crippen molar-refractivity contribution in [2.45, 2.75) is 19.1 Å². The van der Waals surface area contributed by atoms with Gasteiger partial charge in [-0.05, 0) is 36.4 Å². The average molecular weight is 451 g/mol. The number of amides is 4. The first-order chi connectivity index (χ1) is 15.0. The van der Waals surface area contributed by atoms with E-state index in [0.717, 1.165) is 17.0 Å². The molecule has 1 aliphatic heterocycles. The number of anilines is 1. The number of alkyl halides is 3. The van der Waals surface area contributed by atoms with E-state index in [1.54, 1.807) is 0 Å². The summed E-state index contributed by atoms with van der Waals surface area (Å²) in [5.74, 6) is -0.506. The van der Waals surface area contributed by atoms with Crippen molar-refractivity contribution in [1.29, 1.82) is 0 Å². The Kier molecular flexibility index (Phi) is 6.28. The van der Waals surface area contributed by atoms with Crippen LogP contribution in [0.25, 0.3) is 0 Å². The van der Waals surface area contributed by atoms with Gasteiger partial charge in [-0.25, -0.2) is 9.69 Å². The van der Waals surface area contributed by atoms with Crippen LogP contribution in [-0.2, 0) is 15.8 Å². The van der Waals surface area contributed by atoms with Gasteiger partial charge in [0, 0.05) is 20.0 Å². The summed E-state index contributed by atoms with van der Waals surface area (Å²) in [6.45, 7) is 1.21. The van der Waals surface area contributed by atoms with Gasteiger partial charge in [-0.3, -0.25) is 9.59 Å². The zero-order chi connectivity index (χ0) is 23.6. The molecule has 1 atom stereocenters. The van der Waals surface area contributed by atoms with Crippen molar-refractivity contribution in [3.63, 3.8) is 0 Å². The first kappa shape index (κ1) is 22.9. The number of nitrogens with zero attached hydrogens (tertiary/aromatic N) is 2. The molecule has 4 amide bonds. The van der Waals surface area contributed by atoms with E-state index in [0.29, 0.717) is 0 Å². The number of halogens is 3. The Labute approximate surface area is 181 Å². The molecule has 2 aromatic carbocycles. The van der Waals surface area contributed by atoms with Gasteiger partial charge < -0.3 is 19.7 Å². The minimum Gasteiger partial charge on any atom is -0.495 e. The molecule has 0 aliphatic carbocycles. The molecule has 11 heteroatoms. The molecule has 32 heavy (non-hydrogen) atoms. The van der Waals surface area contributed by atoms with E-state index in [4.69, 9.17) is 9.47 Å². The highest BCUT2D eigenvalue weighted by molar-refractivity contribution is 6.05. The highest BCUT2D eigenvalue weighted by Gasteiger charge is 2.42. The maximum atomic E-state index is 12.8. The molecule has 0 aromatic heterocycles. The highest BCUT2D eigenvalue weighted by Crippen LogP contribution is 2.34. The number of methoxy groups -OCH3 is 1. The van der Waals surface area contributed by atoms with Gasteiger partial charge in [0.15, 0.2) is 0 Å². The largest absolute Gasteiger partial charge is 0.495 e. The molecule has 1 aliphatic rings. The molecule has 0 unspecified atom stereocenters. The Balaban J connectivity index is 1.80. The lowest BCUT2D eigenvalue weighted by Crippen LogP contribution is -2.45. The molecule has 0 bridgehead atoms. The van der Waals surface area contributed by atoms with Crippen LogP contribution in [0, 0.1) is 0 Å². The number of benzene rings is 2. The molecule has 0 spiro atoms. The predicted octanol–water partition coefficient (Wildman–Crippen LogP) is 3.73. The zero-order valence-corrected chi connectivity index (χ0v) is 17.4. The smallest absolute Gasteiger partial charge is 0.416 e. The van der Waals surface area contributed by atoms with Crippen molar-refractivity contribution in [2.75, 3.05) is 26.0 Å².